The first-order valence-corrected chi connectivity index (χ1v) is 8.42. The van der Waals surface area contributed by atoms with Gasteiger partial charge in [0.15, 0.2) is 5.82 Å². The van der Waals surface area contributed by atoms with Crippen LogP contribution < -0.4 is 20.5 Å². The summed E-state index contributed by atoms with van der Waals surface area (Å²) in [6.07, 6.45) is 0.721. The molecule has 10 heteroatoms. The van der Waals surface area contributed by atoms with E-state index in [0.717, 1.165) is 0 Å². The van der Waals surface area contributed by atoms with Crippen LogP contribution in [0.15, 0.2) is 24.4 Å². The molecule has 3 aromatic rings. The maximum Gasteiger partial charge on any atom is 0.319 e. The van der Waals surface area contributed by atoms with Gasteiger partial charge in [-0.15, -0.1) is 10.2 Å². The molecule has 0 bridgehead atoms. The summed E-state index contributed by atoms with van der Waals surface area (Å²) < 4.78 is 10.4. The van der Waals surface area contributed by atoms with Crippen LogP contribution in [0.2, 0.25) is 0 Å². The number of rotatable bonds is 6. The van der Waals surface area contributed by atoms with E-state index in [1.165, 1.54) is 21.1 Å². The number of nitrogens with zero attached hydrogens (tertiary/aromatic N) is 4. The van der Waals surface area contributed by atoms with Gasteiger partial charge in [-0.05, 0) is 6.92 Å². The lowest BCUT2D eigenvalue weighted by Gasteiger charge is -2.13. The molecule has 1 aromatic carbocycles. The number of carbonyl (C=O) groups excluding carboxylic acids is 1. The van der Waals surface area contributed by atoms with Gasteiger partial charge >= 0.3 is 6.01 Å². The van der Waals surface area contributed by atoms with Crippen molar-refractivity contribution in [1.29, 1.82) is 0 Å². The number of nitrogen functional groups attached to an aromatic ring is 1. The summed E-state index contributed by atoms with van der Waals surface area (Å²) in [4.78, 5) is 20.2. The molecule has 1 unspecified atom stereocenters. The van der Waals surface area contributed by atoms with Crippen molar-refractivity contribution in [2.75, 3.05) is 25.3 Å². The van der Waals surface area contributed by atoms with Gasteiger partial charge in [-0.3, -0.25) is 4.79 Å². The Morgan fingerprint density at radius 1 is 1.25 bits per heavy atom. The van der Waals surface area contributed by atoms with Crippen molar-refractivity contribution >= 4 is 28.3 Å². The molecule has 4 N–H and O–H groups in total. The van der Waals surface area contributed by atoms with Gasteiger partial charge < -0.3 is 25.6 Å². The van der Waals surface area contributed by atoms with Gasteiger partial charge in [0.05, 0.1) is 38.0 Å². The Balaban J connectivity index is 2.08. The summed E-state index contributed by atoms with van der Waals surface area (Å²) >= 11 is 0. The van der Waals surface area contributed by atoms with Gasteiger partial charge in [-0.2, -0.15) is 4.98 Å². The predicted molar refractivity (Wildman–Crippen MR) is 103 cm³/mol. The molecule has 10 nitrogen and oxygen atoms in total. The average molecular weight is 384 g/mol. The Kier molecular flexibility index (Phi) is 5.50. The van der Waals surface area contributed by atoms with E-state index >= 15 is 0 Å². The van der Waals surface area contributed by atoms with Gasteiger partial charge in [-0.25, -0.2) is 4.98 Å². The second-order valence-corrected chi connectivity index (χ2v) is 6.04. The number of methoxy groups -OCH3 is 2. The number of benzene rings is 1. The van der Waals surface area contributed by atoms with Gasteiger partial charge in [0.1, 0.15) is 5.52 Å². The Morgan fingerprint density at radius 3 is 2.71 bits per heavy atom. The first-order chi connectivity index (χ1) is 13.4. The topological polar surface area (TPSA) is 145 Å². The molecule has 0 aliphatic heterocycles. The highest BCUT2D eigenvalue weighted by Crippen LogP contribution is 2.36. The van der Waals surface area contributed by atoms with Crippen LogP contribution in [0.25, 0.3) is 22.0 Å². The fourth-order valence-corrected chi connectivity index (χ4v) is 2.70. The molecule has 1 atom stereocenters. The zero-order chi connectivity index (χ0) is 20.3. The zero-order valence-electron chi connectivity index (χ0n) is 15.6. The van der Waals surface area contributed by atoms with Gasteiger partial charge in [-0.1, -0.05) is 18.2 Å². The molecule has 0 radical (unpaired) electrons. The van der Waals surface area contributed by atoms with Crippen molar-refractivity contribution in [3.8, 4) is 23.0 Å². The number of hydrogen-bond acceptors (Lipinski definition) is 9. The van der Waals surface area contributed by atoms with Crippen molar-refractivity contribution < 1.29 is 19.4 Å². The lowest BCUT2D eigenvalue weighted by molar-refractivity contribution is -0.117. The molecule has 1 amide bonds. The number of amides is 1. The summed E-state index contributed by atoms with van der Waals surface area (Å²) in [5.41, 5.74) is 8.22. The van der Waals surface area contributed by atoms with Gasteiger partial charge in [0.2, 0.25) is 11.8 Å². The molecular formula is C18H20N6O4. The van der Waals surface area contributed by atoms with Gasteiger partial charge in [0, 0.05) is 17.1 Å². The van der Waals surface area contributed by atoms with E-state index in [1.54, 1.807) is 18.3 Å². The monoisotopic (exact) mass is 384 g/mol. The summed E-state index contributed by atoms with van der Waals surface area (Å²) in [6.45, 7) is 1.52. The summed E-state index contributed by atoms with van der Waals surface area (Å²) in [5, 5.41) is 20.7. The molecule has 0 fully saturated rings. The third-order valence-electron chi connectivity index (χ3n) is 3.97. The first-order valence-electron chi connectivity index (χ1n) is 8.42. The van der Waals surface area contributed by atoms with E-state index in [4.69, 9.17) is 15.2 Å². The van der Waals surface area contributed by atoms with Crippen LogP contribution in [-0.4, -0.2) is 51.5 Å². The van der Waals surface area contributed by atoms with Crippen molar-refractivity contribution in [3.05, 3.63) is 24.4 Å². The van der Waals surface area contributed by atoms with Crippen LogP contribution in [0.3, 0.4) is 0 Å². The van der Waals surface area contributed by atoms with Crippen LogP contribution in [0.5, 0.6) is 11.9 Å². The molecule has 2 aromatic heterocycles. The predicted octanol–water partition coefficient (Wildman–Crippen LogP) is 1.40. The highest BCUT2D eigenvalue weighted by Gasteiger charge is 2.18. The average Bonchev–Trinajstić information content (AvgIpc) is 2.68. The van der Waals surface area contributed by atoms with E-state index in [9.17, 15) is 9.90 Å². The van der Waals surface area contributed by atoms with E-state index in [2.05, 4.69) is 25.5 Å². The normalized spacial score (nSPS) is 11.9. The summed E-state index contributed by atoms with van der Waals surface area (Å²) in [5.74, 6) is 0.0407. The minimum Gasteiger partial charge on any atom is -0.480 e. The van der Waals surface area contributed by atoms with Crippen molar-refractivity contribution in [1.82, 2.24) is 20.2 Å². The lowest BCUT2D eigenvalue weighted by atomic mass is 10.0. The number of aliphatic hydroxyl groups is 1. The van der Waals surface area contributed by atoms with Crippen LogP contribution in [0, 0.1) is 0 Å². The maximum atomic E-state index is 11.9. The first kappa shape index (κ1) is 19.2. The quantitative estimate of drug-likeness (QED) is 0.574. The van der Waals surface area contributed by atoms with Crippen LogP contribution in [0.4, 0.5) is 11.5 Å². The molecule has 0 saturated heterocycles. The Bertz CT molecular complexity index is 1020. The van der Waals surface area contributed by atoms with E-state index in [0.29, 0.717) is 27.9 Å². The second kappa shape index (κ2) is 8.01. The molecule has 0 aliphatic rings. The number of nitrogens with two attached hydrogens (primary N) is 1. The number of aromatic nitrogens is 4. The maximum absolute atomic E-state index is 11.9. The summed E-state index contributed by atoms with van der Waals surface area (Å²) in [7, 11) is 2.96. The molecular weight excluding hydrogens is 364 g/mol. The fourth-order valence-electron chi connectivity index (χ4n) is 2.70. The molecule has 0 aliphatic carbocycles. The highest BCUT2D eigenvalue weighted by atomic mass is 16.5. The lowest BCUT2D eigenvalue weighted by Crippen LogP contribution is -2.19. The van der Waals surface area contributed by atoms with Crippen LogP contribution in [0.1, 0.15) is 13.3 Å². The largest absolute Gasteiger partial charge is 0.480 e. The molecule has 28 heavy (non-hydrogen) atoms. The minimum atomic E-state index is -0.774. The summed E-state index contributed by atoms with van der Waals surface area (Å²) in [6, 6.07) is 5.55. The number of nitrogens with one attached hydrogen (secondary N) is 1. The molecule has 146 valence electrons. The van der Waals surface area contributed by atoms with Crippen molar-refractivity contribution in [2.45, 2.75) is 19.4 Å². The van der Waals surface area contributed by atoms with Crippen molar-refractivity contribution in [3.63, 3.8) is 0 Å². The van der Waals surface area contributed by atoms with Crippen LogP contribution >= 0.6 is 0 Å². The number of hydrogen-bond donors (Lipinski definition) is 3. The number of fused-ring (bicyclic) bond motifs is 1. The molecule has 0 saturated carbocycles. The smallest absolute Gasteiger partial charge is 0.319 e. The number of carbonyl (C=O) groups is 1. The van der Waals surface area contributed by atoms with E-state index in [-0.39, 0.29) is 23.9 Å². The fraction of sp³-hybridized carbons (Fsp3) is 0.278. The second-order valence-electron chi connectivity index (χ2n) is 6.04. The Labute approximate surface area is 160 Å². The number of anilines is 2. The molecule has 0 spiro atoms. The van der Waals surface area contributed by atoms with E-state index < -0.39 is 12.0 Å². The highest BCUT2D eigenvalue weighted by molar-refractivity contribution is 6.05. The standard InChI is InChI=1S/C18H20N6O4/c1-9(25)7-13(26)21-16-14(19)11-6-4-5-10(15(11)23-24-16)12-8-20-18(28-3)22-17(12)27-2/h4-6,8-9,25H,7H2,1-3H3,(H2,19,23)(H,21,24,26). The minimum absolute atomic E-state index is 0.0699. The third kappa shape index (κ3) is 3.76. The third-order valence-corrected chi connectivity index (χ3v) is 3.97. The van der Waals surface area contributed by atoms with E-state index in [1.807, 2.05) is 6.07 Å². The van der Waals surface area contributed by atoms with Crippen LogP contribution in [-0.2, 0) is 4.79 Å². The zero-order valence-corrected chi connectivity index (χ0v) is 15.6. The number of ether oxygens (including phenoxy) is 2. The Hall–Kier alpha value is -3.53. The molecule has 3 rings (SSSR count). The van der Waals surface area contributed by atoms with Crippen molar-refractivity contribution in [2.24, 2.45) is 0 Å². The number of aliphatic hydroxyl groups excluding tert-OH is 1. The van der Waals surface area contributed by atoms with Gasteiger partial charge in [0.25, 0.3) is 0 Å². The molecule has 2 heterocycles. The Morgan fingerprint density at radius 2 is 2.04 bits per heavy atom. The SMILES string of the molecule is COc1ncc(-c2cccc3c(N)c(NC(=O)CC(C)O)nnc23)c(OC)n1.